The van der Waals surface area contributed by atoms with Crippen LogP contribution in [0.3, 0.4) is 0 Å². The molecule has 3 rings (SSSR count). The van der Waals surface area contributed by atoms with E-state index in [4.69, 9.17) is 9.47 Å². The van der Waals surface area contributed by atoms with Crippen molar-refractivity contribution in [2.75, 3.05) is 33.4 Å². The number of nitrogens with zero attached hydrogens (tertiary/aromatic N) is 2. The molecule has 0 atom stereocenters. The van der Waals surface area contributed by atoms with Gasteiger partial charge < -0.3 is 19.7 Å². The van der Waals surface area contributed by atoms with Crippen LogP contribution >= 0.6 is 0 Å². The van der Waals surface area contributed by atoms with Crippen molar-refractivity contribution in [2.24, 2.45) is 0 Å². The molecule has 2 amide bonds. The summed E-state index contributed by atoms with van der Waals surface area (Å²) in [7, 11) is 1.81. The molecule has 132 valence electrons. The van der Waals surface area contributed by atoms with Crippen LogP contribution in [0.25, 0.3) is 0 Å². The Morgan fingerprint density at radius 2 is 1.84 bits per heavy atom. The fourth-order valence-corrected chi connectivity index (χ4v) is 2.64. The number of nitrogens with one attached hydrogen (secondary N) is 1. The monoisotopic (exact) mass is 341 g/mol. The van der Waals surface area contributed by atoms with Crippen molar-refractivity contribution >= 4 is 6.03 Å². The van der Waals surface area contributed by atoms with Crippen LogP contribution in [-0.2, 0) is 12.8 Å². The first-order chi connectivity index (χ1) is 12.2. The number of pyridine rings is 1. The number of ether oxygens (including phenoxy) is 2. The Hall–Kier alpha value is -2.76. The largest absolute Gasteiger partial charge is 0.486 e. The molecule has 6 nitrogen and oxygen atoms in total. The molecule has 1 aliphatic rings. The molecule has 1 aromatic heterocycles. The maximum absolute atomic E-state index is 12.1. The summed E-state index contributed by atoms with van der Waals surface area (Å²) in [6.45, 7) is 2.42. The molecule has 0 aliphatic carbocycles. The average Bonchev–Trinajstić information content (AvgIpc) is 2.66. The molecule has 0 saturated heterocycles. The number of hydrogen-bond donors (Lipinski definition) is 1. The number of urea groups is 1. The second-order valence-corrected chi connectivity index (χ2v) is 5.99. The van der Waals surface area contributed by atoms with Gasteiger partial charge in [-0.1, -0.05) is 6.07 Å². The first-order valence-electron chi connectivity index (χ1n) is 8.49. The Kier molecular flexibility index (Phi) is 5.72. The van der Waals surface area contributed by atoms with Crippen molar-refractivity contribution < 1.29 is 14.3 Å². The minimum Gasteiger partial charge on any atom is -0.486 e. The first-order valence-corrected chi connectivity index (χ1v) is 8.49. The maximum Gasteiger partial charge on any atom is 0.317 e. The summed E-state index contributed by atoms with van der Waals surface area (Å²) in [6.07, 6.45) is 5.10. The Morgan fingerprint density at radius 3 is 2.64 bits per heavy atom. The lowest BCUT2D eigenvalue weighted by atomic mass is 10.1. The van der Waals surface area contributed by atoms with Crippen LogP contribution < -0.4 is 14.8 Å². The van der Waals surface area contributed by atoms with Crippen molar-refractivity contribution in [2.45, 2.75) is 12.8 Å². The predicted octanol–water partition coefficient (Wildman–Crippen LogP) is 2.28. The van der Waals surface area contributed by atoms with Gasteiger partial charge in [-0.2, -0.15) is 0 Å². The molecule has 0 fully saturated rings. The summed E-state index contributed by atoms with van der Waals surface area (Å²) >= 11 is 0. The third kappa shape index (κ3) is 4.86. The minimum atomic E-state index is -0.0633. The molecule has 1 N–H and O–H groups in total. The number of fused-ring (bicyclic) bond motifs is 1. The highest BCUT2D eigenvalue weighted by atomic mass is 16.6. The molecule has 6 heteroatoms. The maximum atomic E-state index is 12.1. The molecular formula is C19H23N3O3. The molecule has 0 saturated carbocycles. The summed E-state index contributed by atoms with van der Waals surface area (Å²) in [5, 5.41) is 2.95. The van der Waals surface area contributed by atoms with Gasteiger partial charge in [-0.25, -0.2) is 4.79 Å². The second-order valence-electron chi connectivity index (χ2n) is 5.99. The van der Waals surface area contributed by atoms with Gasteiger partial charge in [0.1, 0.15) is 13.2 Å². The second kappa shape index (κ2) is 8.37. The molecule has 0 spiro atoms. The number of likely N-dealkylation sites (N-methyl/N-ethyl adjacent to an activating group) is 1. The highest BCUT2D eigenvalue weighted by Gasteiger charge is 2.12. The molecule has 2 heterocycles. The smallest absolute Gasteiger partial charge is 0.317 e. The zero-order chi connectivity index (χ0) is 17.5. The van der Waals surface area contributed by atoms with Crippen LogP contribution in [0.2, 0.25) is 0 Å². The van der Waals surface area contributed by atoms with Crippen LogP contribution in [-0.4, -0.2) is 49.3 Å². The lowest BCUT2D eigenvalue weighted by Crippen LogP contribution is -2.39. The lowest BCUT2D eigenvalue weighted by molar-refractivity contribution is 0.171. The summed E-state index contributed by atoms with van der Waals surface area (Å²) in [5.74, 6) is 1.57. The van der Waals surface area contributed by atoms with Crippen molar-refractivity contribution in [3.8, 4) is 11.5 Å². The van der Waals surface area contributed by atoms with E-state index >= 15 is 0 Å². The van der Waals surface area contributed by atoms with E-state index in [9.17, 15) is 4.79 Å². The summed E-state index contributed by atoms with van der Waals surface area (Å²) < 4.78 is 11.1. The Balaban J connectivity index is 1.41. The fourth-order valence-electron chi connectivity index (χ4n) is 2.64. The van der Waals surface area contributed by atoms with Gasteiger partial charge >= 0.3 is 6.03 Å². The number of amides is 2. The normalized spacial score (nSPS) is 12.5. The van der Waals surface area contributed by atoms with Gasteiger partial charge in [0, 0.05) is 32.5 Å². The summed E-state index contributed by atoms with van der Waals surface area (Å²) in [5.41, 5.74) is 2.29. The van der Waals surface area contributed by atoms with Crippen molar-refractivity contribution in [3.63, 3.8) is 0 Å². The number of aromatic nitrogens is 1. The van der Waals surface area contributed by atoms with Gasteiger partial charge in [0.05, 0.1) is 0 Å². The summed E-state index contributed by atoms with van der Waals surface area (Å²) in [4.78, 5) is 17.8. The Labute approximate surface area is 147 Å². The van der Waals surface area contributed by atoms with Crippen LogP contribution in [0.15, 0.2) is 42.7 Å². The highest BCUT2D eigenvalue weighted by molar-refractivity contribution is 5.73. The number of carbonyl (C=O) groups is 1. The van der Waals surface area contributed by atoms with Gasteiger partial charge in [0.25, 0.3) is 0 Å². The van der Waals surface area contributed by atoms with Crippen molar-refractivity contribution in [3.05, 3.63) is 53.9 Å². The van der Waals surface area contributed by atoms with Gasteiger partial charge in [0.15, 0.2) is 11.5 Å². The summed E-state index contributed by atoms with van der Waals surface area (Å²) in [6, 6.07) is 9.78. The van der Waals surface area contributed by atoms with E-state index in [-0.39, 0.29) is 6.03 Å². The van der Waals surface area contributed by atoms with Gasteiger partial charge in [0.2, 0.25) is 0 Å². The predicted molar refractivity (Wildman–Crippen MR) is 95.1 cm³/mol. The highest BCUT2D eigenvalue weighted by Crippen LogP contribution is 2.30. The van der Waals surface area contributed by atoms with E-state index in [1.54, 1.807) is 24.3 Å². The number of hydrogen-bond acceptors (Lipinski definition) is 4. The fraction of sp³-hybridized carbons (Fsp3) is 0.368. The van der Waals surface area contributed by atoms with Crippen molar-refractivity contribution in [1.82, 2.24) is 15.2 Å². The number of rotatable bonds is 6. The van der Waals surface area contributed by atoms with E-state index in [1.807, 2.05) is 30.3 Å². The number of benzene rings is 1. The Morgan fingerprint density at radius 1 is 1.08 bits per heavy atom. The van der Waals surface area contributed by atoms with Crippen LogP contribution in [0.4, 0.5) is 4.79 Å². The first kappa shape index (κ1) is 17.1. The SMILES string of the molecule is CN(CCc1ccncc1)C(=O)NCCc1ccc2c(c1)OCCO2. The van der Waals surface area contributed by atoms with Crippen LogP contribution in [0, 0.1) is 0 Å². The quantitative estimate of drug-likeness (QED) is 0.875. The third-order valence-electron chi connectivity index (χ3n) is 4.13. The molecule has 0 unspecified atom stereocenters. The average molecular weight is 341 g/mol. The van der Waals surface area contributed by atoms with Crippen LogP contribution in [0.1, 0.15) is 11.1 Å². The van der Waals surface area contributed by atoms with Gasteiger partial charge in [-0.05, 0) is 48.2 Å². The van der Waals surface area contributed by atoms with E-state index in [0.717, 1.165) is 29.9 Å². The van der Waals surface area contributed by atoms with E-state index in [0.29, 0.717) is 26.3 Å². The van der Waals surface area contributed by atoms with Gasteiger partial charge in [-0.3, -0.25) is 4.98 Å². The zero-order valence-electron chi connectivity index (χ0n) is 14.4. The Bertz CT molecular complexity index is 706. The number of carbonyl (C=O) groups excluding carboxylic acids is 1. The molecule has 0 bridgehead atoms. The third-order valence-corrected chi connectivity index (χ3v) is 4.13. The van der Waals surface area contributed by atoms with Crippen molar-refractivity contribution in [1.29, 1.82) is 0 Å². The lowest BCUT2D eigenvalue weighted by Gasteiger charge is -2.19. The minimum absolute atomic E-state index is 0.0633. The molecule has 2 aromatic rings. The zero-order valence-corrected chi connectivity index (χ0v) is 14.4. The molecule has 1 aliphatic heterocycles. The standard InChI is InChI=1S/C19H23N3O3/c1-22(11-7-15-4-8-20-9-5-15)19(23)21-10-6-16-2-3-17-18(14-16)25-13-12-24-17/h2-5,8-9,14H,6-7,10-13H2,1H3,(H,21,23). The van der Waals surface area contributed by atoms with Gasteiger partial charge in [-0.15, -0.1) is 0 Å². The van der Waals surface area contributed by atoms with E-state index < -0.39 is 0 Å². The molecule has 0 radical (unpaired) electrons. The topological polar surface area (TPSA) is 63.7 Å². The van der Waals surface area contributed by atoms with E-state index in [1.165, 1.54) is 5.56 Å². The molecule has 1 aromatic carbocycles. The molecule has 25 heavy (non-hydrogen) atoms. The van der Waals surface area contributed by atoms with Crippen LogP contribution in [0.5, 0.6) is 11.5 Å². The molecular weight excluding hydrogens is 318 g/mol. The van der Waals surface area contributed by atoms with E-state index in [2.05, 4.69) is 10.3 Å².